The van der Waals surface area contributed by atoms with Gasteiger partial charge < -0.3 is 15.0 Å². The molecule has 0 radical (unpaired) electrons. The summed E-state index contributed by atoms with van der Waals surface area (Å²) in [5.41, 5.74) is 0.979. The largest absolute Gasteiger partial charge is 0.494 e. The van der Waals surface area contributed by atoms with Crippen LogP contribution in [0.25, 0.3) is 0 Å². The standard InChI is InChI=1S/C15H25FN2O/c1-11(17-10-15(2,3)18(4)5)12-7-8-14(19-6)13(16)9-12/h7-9,11,17H,10H2,1-6H3. The lowest BCUT2D eigenvalue weighted by Gasteiger charge is -2.34. The summed E-state index contributed by atoms with van der Waals surface area (Å²) < 4.78 is 18.6. The van der Waals surface area contributed by atoms with E-state index in [-0.39, 0.29) is 23.1 Å². The van der Waals surface area contributed by atoms with Crippen LogP contribution in [0.1, 0.15) is 32.4 Å². The van der Waals surface area contributed by atoms with E-state index in [0.717, 1.165) is 12.1 Å². The Morgan fingerprint density at radius 2 is 2.00 bits per heavy atom. The Labute approximate surface area is 115 Å². The van der Waals surface area contributed by atoms with Crippen LogP contribution >= 0.6 is 0 Å². The summed E-state index contributed by atoms with van der Waals surface area (Å²) in [6.07, 6.45) is 0. The summed E-state index contributed by atoms with van der Waals surface area (Å²) in [6, 6.07) is 5.18. The minimum Gasteiger partial charge on any atom is -0.494 e. The number of methoxy groups -OCH3 is 1. The van der Waals surface area contributed by atoms with Crippen molar-refractivity contribution in [2.24, 2.45) is 0 Å². The van der Waals surface area contributed by atoms with Crippen molar-refractivity contribution in [2.45, 2.75) is 32.4 Å². The Hall–Kier alpha value is -1.13. The summed E-state index contributed by atoms with van der Waals surface area (Å²) in [5.74, 6) is -0.0370. The summed E-state index contributed by atoms with van der Waals surface area (Å²) in [5, 5.41) is 3.44. The van der Waals surface area contributed by atoms with Crippen LogP contribution < -0.4 is 10.1 Å². The van der Waals surface area contributed by atoms with Gasteiger partial charge >= 0.3 is 0 Å². The molecule has 1 aromatic carbocycles. The summed E-state index contributed by atoms with van der Waals surface area (Å²) in [7, 11) is 5.58. The maximum absolute atomic E-state index is 13.7. The van der Waals surface area contributed by atoms with Gasteiger partial charge in [0.05, 0.1) is 7.11 Å². The smallest absolute Gasteiger partial charge is 0.165 e. The maximum Gasteiger partial charge on any atom is 0.165 e. The fourth-order valence-corrected chi connectivity index (χ4v) is 1.63. The highest BCUT2D eigenvalue weighted by atomic mass is 19.1. The predicted molar refractivity (Wildman–Crippen MR) is 77.1 cm³/mol. The van der Waals surface area contributed by atoms with E-state index in [0.29, 0.717) is 0 Å². The predicted octanol–water partition coefficient (Wildman–Crippen LogP) is 2.83. The van der Waals surface area contributed by atoms with Gasteiger partial charge in [0, 0.05) is 18.1 Å². The minimum absolute atomic E-state index is 0.0548. The second-order valence-corrected chi connectivity index (χ2v) is 5.70. The summed E-state index contributed by atoms with van der Waals surface area (Å²) >= 11 is 0. The molecule has 0 amide bonds. The van der Waals surface area contributed by atoms with Crippen LogP contribution in [0.15, 0.2) is 18.2 Å². The van der Waals surface area contributed by atoms with Crippen molar-refractivity contribution in [3.63, 3.8) is 0 Å². The molecular weight excluding hydrogens is 243 g/mol. The molecule has 0 heterocycles. The van der Waals surface area contributed by atoms with Crippen molar-refractivity contribution in [3.8, 4) is 5.75 Å². The topological polar surface area (TPSA) is 24.5 Å². The molecule has 0 aliphatic carbocycles. The van der Waals surface area contributed by atoms with Gasteiger partial charge in [0.25, 0.3) is 0 Å². The Bertz CT molecular complexity index is 419. The molecule has 1 aromatic rings. The molecule has 1 rings (SSSR count). The average Bonchev–Trinajstić information content (AvgIpc) is 2.35. The van der Waals surface area contributed by atoms with Crippen LogP contribution in [0.5, 0.6) is 5.75 Å². The third kappa shape index (κ3) is 4.18. The number of hydrogen-bond acceptors (Lipinski definition) is 3. The number of nitrogens with zero attached hydrogens (tertiary/aromatic N) is 1. The second kappa shape index (κ2) is 6.35. The van der Waals surface area contributed by atoms with E-state index >= 15 is 0 Å². The van der Waals surface area contributed by atoms with Crippen LogP contribution in [0.3, 0.4) is 0 Å². The first-order valence-electron chi connectivity index (χ1n) is 6.52. The zero-order valence-electron chi connectivity index (χ0n) is 12.7. The van der Waals surface area contributed by atoms with E-state index in [4.69, 9.17) is 4.74 Å². The van der Waals surface area contributed by atoms with Gasteiger partial charge in [0.2, 0.25) is 0 Å². The molecule has 1 unspecified atom stereocenters. The molecule has 0 saturated carbocycles. The molecule has 0 bridgehead atoms. The maximum atomic E-state index is 13.7. The van der Waals surface area contributed by atoms with E-state index in [1.165, 1.54) is 13.2 Å². The fraction of sp³-hybridized carbons (Fsp3) is 0.600. The highest BCUT2D eigenvalue weighted by molar-refractivity contribution is 5.30. The van der Waals surface area contributed by atoms with Gasteiger partial charge in [0.15, 0.2) is 11.6 Å². The second-order valence-electron chi connectivity index (χ2n) is 5.70. The van der Waals surface area contributed by atoms with Crippen molar-refractivity contribution in [3.05, 3.63) is 29.6 Å². The van der Waals surface area contributed by atoms with Gasteiger partial charge in [-0.1, -0.05) is 6.07 Å². The van der Waals surface area contributed by atoms with Crippen LogP contribution in [0.2, 0.25) is 0 Å². The highest BCUT2D eigenvalue weighted by Crippen LogP contribution is 2.22. The molecule has 108 valence electrons. The highest BCUT2D eigenvalue weighted by Gasteiger charge is 2.21. The molecule has 0 aromatic heterocycles. The Morgan fingerprint density at radius 3 is 2.47 bits per heavy atom. The number of hydrogen-bond donors (Lipinski definition) is 1. The van der Waals surface area contributed by atoms with E-state index in [9.17, 15) is 4.39 Å². The number of likely N-dealkylation sites (N-methyl/N-ethyl adjacent to an activating group) is 1. The molecular formula is C15H25FN2O. The lowest BCUT2D eigenvalue weighted by Crippen LogP contribution is -2.47. The molecule has 3 nitrogen and oxygen atoms in total. The van der Waals surface area contributed by atoms with Gasteiger partial charge in [-0.15, -0.1) is 0 Å². The van der Waals surface area contributed by atoms with Gasteiger partial charge in [-0.25, -0.2) is 4.39 Å². The Morgan fingerprint density at radius 1 is 1.37 bits per heavy atom. The molecule has 0 spiro atoms. The number of nitrogens with one attached hydrogen (secondary N) is 1. The quantitative estimate of drug-likeness (QED) is 0.858. The lowest BCUT2D eigenvalue weighted by atomic mass is 10.0. The monoisotopic (exact) mass is 268 g/mol. The summed E-state index contributed by atoms with van der Waals surface area (Å²) in [6.45, 7) is 7.20. The Kier molecular flexibility index (Phi) is 5.32. The van der Waals surface area contributed by atoms with Crippen molar-refractivity contribution in [1.82, 2.24) is 10.2 Å². The fourth-order valence-electron chi connectivity index (χ4n) is 1.63. The molecule has 0 fully saturated rings. The first kappa shape index (κ1) is 15.9. The van der Waals surface area contributed by atoms with Crippen LogP contribution in [0, 0.1) is 5.82 Å². The number of ether oxygens (including phenoxy) is 1. The van der Waals surface area contributed by atoms with Gasteiger partial charge in [-0.2, -0.15) is 0 Å². The number of benzene rings is 1. The number of halogens is 1. The van der Waals surface area contributed by atoms with Crippen molar-refractivity contribution >= 4 is 0 Å². The molecule has 4 heteroatoms. The Balaban J connectivity index is 2.68. The first-order valence-corrected chi connectivity index (χ1v) is 6.52. The minimum atomic E-state index is -0.319. The van der Waals surface area contributed by atoms with Gasteiger partial charge in [0.1, 0.15) is 0 Å². The molecule has 0 saturated heterocycles. The van der Waals surface area contributed by atoms with Crippen LogP contribution in [-0.4, -0.2) is 38.2 Å². The molecule has 19 heavy (non-hydrogen) atoms. The van der Waals surface area contributed by atoms with E-state index < -0.39 is 0 Å². The van der Waals surface area contributed by atoms with Crippen molar-refractivity contribution in [1.29, 1.82) is 0 Å². The molecule has 0 aliphatic heterocycles. The summed E-state index contributed by atoms with van der Waals surface area (Å²) in [4.78, 5) is 2.17. The SMILES string of the molecule is COc1ccc(C(C)NCC(C)(C)N(C)C)cc1F. The van der Waals surface area contributed by atoms with E-state index in [2.05, 4.69) is 38.2 Å². The van der Waals surface area contributed by atoms with E-state index in [1.807, 2.05) is 13.0 Å². The van der Waals surface area contributed by atoms with Crippen molar-refractivity contribution < 1.29 is 9.13 Å². The zero-order valence-corrected chi connectivity index (χ0v) is 12.7. The zero-order chi connectivity index (χ0) is 14.6. The third-order valence-electron chi connectivity index (χ3n) is 3.73. The molecule has 1 N–H and O–H groups in total. The molecule has 1 atom stereocenters. The average molecular weight is 268 g/mol. The van der Waals surface area contributed by atoms with Crippen molar-refractivity contribution in [2.75, 3.05) is 27.7 Å². The third-order valence-corrected chi connectivity index (χ3v) is 3.73. The van der Waals surface area contributed by atoms with Crippen LogP contribution in [-0.2, 0) is 0 Å². The van der Waals surface area contributed by atoms with Gasteiger partial charge in [-0.05, 0) is 52.6 Å². The first-order chi connectivity index (χ1) is 8.77. The van der Waals surface area contributed by atoms with E-state index in [1.54, 1.807) is 6.07 Å². The lowest BCUT2D eigenvalue weighted by molar-refractivity contribution is 0.185. The van der Waals surface area contributed by atoms with Gasteiger partial charge in [-0.3, -0.25) is 0 Å². The van der Waals surface area contributed by atoms with Crippen LogP contribution in [0.4, 0.5) is 4.39 Å². The normalized spacial score (nSPS) is 13.7. The molecule has 0 aliphatic rings. The number of rotatable bonds is 6.